The van der Waals surface area contributed by atoms with Crippen molar-refractivity contribution in [2.24, 2.45) is 0 Å². The average Bonchev–Trinajstić information content (AvgIpc) is 2.78. The molecule has 9 heteroatoms. The lowest BCUT2D eigenvalue weighted by Gasteiger charge is -2.33. The van der Waals surface area contributed by atoms with E-state index in [0.29, 0.717) is 25.3 Å². The first-order valence-electron chi connectivity index (χ1n) is 11.4. The predicted molar refractivity (Wildman–Crippen MR) is 134 cm³/mol. The van der Waals surface area contributed by atoms with Gasteiger partial charge >= 0.3 is 0 Å². The molecule has 8 nitrogen and oxygen atoms in total. The van der Waals surface area contributed by atoms with Gasteiger partial charge in [-0.3, -0.25) is 13.9 Å². The Kier molecular flexibility index (Phi) is 9.92. The number of hydrogen-bond donors (Lipinski definition) is 1. The third-order valence-electron chi connectivity index (χ3n) is 5.45. The van der Waals surface area contributed by atoms with Crippen LogP contribution >= 0.6 is 0 Å². The molecule has 0 saturated carbocycles. The van der Waals surface area contributed by atoms with Gasteiger partial charge in [0.15, 0.2) is 0 Å². The van der Waals surface area contributed by atoms with E-state index in [4.69, 9.17) is 4.74 Å². The van der Waals surface area contributed by atoms with Crippen LogP contribution < -0.4 is 14.4 Å². The fraction of sp³-hybridized carbons (Fsp3) is 0.440. The van der Waals surface area contributed by atoms with Crippen LogP contribution in [0.25, 0.3) is 0 Å². The van der Waals surface area contributed by atoms with Gasteiger partial charge in [-0.2, -0.15) is 0 Å². The number of rotatable bonds is 12. The number of carbonyl (C=O) groups is 2. The zero-order chi connectivity index (χ0) is 25.3. The fourth-order valence-electron chi connectivity index (χ4n) is 3.72. The molecule has 0 unspecified atom stereocenters. The number of hydrogen-bond acceptors (Lipinski definition) is 5. The van der Waals surface area contributed by atoms with Crippen LogP contribution in [-0.4, -0.2) is 57.1 Å². The van der Waals surface area contributed by atoms with Crippen LogP contribution in [0.15, 0.2) is 48.5 Å². The van der Waals surface area contributed by atoms with Gasteiger partial charge in [-0.15, -0.1) is 0 Å². The van der Waals surface area contributed by atoms with Crippen molar-refractivity contribution >= 4 is 27.5 Å². The Balaban J connectivity index is 2.49. The van der Waals surface area contributed by atoms with Gasteiger partial charge in [-0.25, -0.2) is 8.42 Å². The number of aryl methyl sites for hydroxylation is 1. The van der Waals surface area contributed by atoms with E-state index in [-0.39, 0.29) is 18.1 Å². The van der Waals surface area contributed by atoms with Crippen LogP contribution in [-0.2, 0) is 26.2 Å². The Labute approximate surface area is 202 Å². The van der Waals surface area contributed by atoms with E-state index in [2.05, 4.69) is 5.32 Å². The summed E-state index contributed by atoms with van der Waals surface area (Å²) in [7, 11) is -3.83. The van der Waals surface area contributed by atoms with Gasteiger partial charge in [0.05, 0.1) is 18.6 Å². The maximum atomic E-state index is 13.7. The van der Waals surface area contributed by atoms with Gasteiger partial charge < -0.3 is 15.0 Å². The highest BCUT2D eigenvalue weighted by Crippen LogP contribution is 2.30. The SMILES string of the molecule is CCNC(=O)[C@H](CC)N(Cc1ccccc1C)C(=O)CN(c1ccccc1OCC)S(C)(=O)=O. The van der Waals surface area contributed by atoms with E-state index in [1.165, 1.54) is 4.90 Å². The van der Waals surface area contributed by atoms with Crippen molar-refractivity contribution in [1.29, 1.82) is 0 Å². The smallest absolute Gasteiger partial charge is 0.244 e. The molecule has 0 bridgehead atoms. The number of benzene rings is 2. The number of sulfonamides is 1. The van der Waals surface area contributed by atoms with Crippen LogP contribution in [0.3, 0.4) is 0 Å². The topological polar surface area (TPSA) is 96.0 Å². The molecule has 0 spiro atoms. The summed E-state index contributed by atoms with van der Waals surface area (Å²) in [4.78, 5) is 28.0. The van der Waals surface area contributed by atoms with E-state index in [9.17, 15) is 18.0 Å². The van der Waals surface area contributed by atoms with Gasteiger partial charge in [-0.1, -0.05) is 43.3 Å². The highest BCUT2D eigenvalue weighted by atomic mass is 32.2. The first kappa shape index (κ1) is 27.2. The lowest BCUT2D eigenvalue weighted by atomic mass is 10.1. The Morgan fingerprint density at radius 1 is 1.03 bits per heavy atom. The maximum absolute atomic E-state index is 13.7. The summed E-state index contributed by atoms with van der Waals surface area (Å²) in [6.45, 7) is 7.89. The van der Waals surface area contributed by atoms with Gasteiger partial charge in [0, 0.05) is 13.1 Å². The Morgan fingerprint density at radius 2 is 1.68 bits per heavy atom. The lowest BCUT2D eigenvalue weighted by Crippen LogP contribution is -2.52. The second-order valence-electron chi connectivity index (χ2n) is 7.94. The quantitative estimate of drug-likeness (QED) is 0.494. The summed E-state index contributed by atoms with van der Waals surface area (Å²) in [6, 6.07) is 13.6. The number of para-hydroxylation sites is 2. The summed E-state index contributed by atoms with van der Waals surface area (Å²) < 4.78 is 32.2. The highest BCUT2D eigenvalue weighted by Gasteiger charge is 2.32. The third kappa shape index (κ3) is 6.96. The summed E-state index contributed by atoms with van der Waals surface area (Å²) >= 11 is 0. The van der Waals surface area contributed by atoms with Gasteiger partial charge in [0.2, 0.25) is 21.8 Å². The number of nitrogens with one attached hydrogen (secondary N) is 1. The largest absolute Gasteiger partial charge is 0.492 e. The van der Waals surface area contributed by atoms with E-state index < -0.39 is 28.5 Å². The highest BCUT2D eigenvalue weighted by molar-refractivity contribution is 7.92. The first-order chi connectivity index (χ1) is 16.1. The number of anilines is 1. The molecule has 1 N–H and O–H groups in total. The lowest BCUT2D eigenvalue weighted by molar-refractivity contribution is -0.140. The molecule has 2 aromatic carbocycles. The maximum Gasteiger partial charge on any atom is 0.244 e. The molecule has 2 amide bonds. The summed E-state index contributed by atoms with van der Waals surface area (Å²) in [5.41, 5.74) is 2.15. The average molecular weight is 490 g/mol. The predicted octanol–water partition coefficient (Wildman–Crippen LogP) is 3.10. The van der Waals surface area contributed by atoms with E-state index in [1.807, 2.05) is 45.0 Å². The van der Waals surface area contributed by atoms with Crippen molar-refractivity contribution in [2.75, 3.05) is 30.3 Å². The molecule has 0 aliphatic rings. The molecular weight excluding hydrogens is 454 g/mol. The Hall–Kier alpha value is -3.07. The Bertz CT molecular complexity index is 1090. The van der Waals surface area contributed by atoms with Crippen molar-refractivity contribution in [3.05, 3.63) is 59.7 Å². The van der Waals surface area contributed by atoms with E-state index in [0.717, 1.165) is 21.7 Å². The molecule has 0 saturated heterocycles. The normalized spacial score (nSPS) is 12.0. The fourth-order valence-corrected chi connectivity index (χ4v) is 4.57. The van der Waals surface area contributed by atoms with Crippen LogP contribution in [0.2, 0.25) is 0 Å². The minimum Gasteiger partial charge on any atom is -0.492 e. The Morgan fingerprint density at radius 3 is 2.26 bits per heavy atom. The number of likely N-dealkylation sites (N-methyl/N-ethyl adjacent to an activating group) is 1. The molecule has 186 valence electrons. The molecule has 34 heavy (non-hydrogen) atoms. The van der Waals surface area contributed by atoms with Crippen LogP contribution in [0.1, 0.15) is 38.3 Å². The van der Waals surface area contributed by atoms with E-state index in [1.54, 1.807) is 31.2 Å². The van der Waals surface area contributed by atoms with Gasteiger partial charge in [0.1, 0.15) is 18.3 Å². The summed E-state index contributed by atoms with van der Waals surface area (Å²) in [5.74, 6) is -0.380. The van der Waals surface area contributed by atoms with E-state index >= 15 is 0 Å². The van der Waals surface area contributed by atoms with Crippen molar-refractivity contribution in [3.63, 3.8) is 0 Å². The third-order valence-corrected chi connectivity index (χ3v) is 6.58. The molecule has 2 aromatic rings. The molecule has 0 aromatic heterocycles. The molecule has 0 aliphatic heterocycles. The van der Waals surface area contributed by atoms with Gasteiger partial charge in [0.25, 0.3) is 0 Å². The van der Waals surface area contributed by atoms with Crippen LogP contribution in [0.5, 0.6) is 5.75 Å². The van der Waals surface area contributed by atoms with Gasteiger partial charge in [-0.05, 0) is 50.5 Å². The second-order valence-corrected chi connectivity index (χ2v) is 9.84. The number of carbonyl (C=O) groups excluding carboxylic acids is 2. The van der Waals surface area contributed by atoms with Crippen molar-refractivity contribution in [3.8, 4) is 5.75 Å². The molecule has 0 fully saturated rings. The van der Waals surface area contributed by atoms with Crippen molar-refractivity contribution in [1.82, 2.24) is 10.2 Å². The molecule has 2 rings (SSSR count). The number of amides is 2. The second kappa shape index (κ2) is 12.4. The molecule has 0 heterocycles. The first-order valence-corrected chi connectivity index (χ1v) is 13.3. The monoisotopic (exact) mass is 489 g/mol. The molecule has 0 aliphatic carbocycles. The minimum absolute atomic E-state index is 0.186. The molecule has 1 atom stereocenters. The van der Waals surface area contributed by atoms with Crippen LogP contribution in [0, 0.1) is 6.92 Å². The minimum atomic E-state index is -3.83. The number of nitrogens with zero attached hydrogens (tertiary/aromatic N) is 2. The molecule has 0 radical (unpaired) electrons. The van der Waals surface area contributed by atoms with Crippen LogP contribution in [0.4, 0.5) is 5.69 Å². The molecular formula is C25H35N3O5S. The zero-order valence-electron chi connectivity index (χ0n) is 20.6. The van der Waals surface area contributed by atoms with Crippen molar-refractivity contribution < 1.29 is 22.7 Å². The standard InChI is InChI=1S/C25H35N3O5S/c1-6-21(25(30)26-7-2)27(17-20-14-10-9-13-19(20)4)24(29)18-28(34(5,31)32)22-15-11-12-16-23(22)33-8-3/h9-16,21H,6-8,17-18H2,1-5H3,(H,26,30)/t21-/m0/s1. The van der Waals surface area contributed by atoms with Crippen molar-refractivity contribution in [2.45, 2.75) is 46.7 Å². The summed E-state index contributed by atoms with van der Waals surface area (Å²) in [5, 5.41) is 2.79. The zero-order valence-corrected chi connectivity index (χ0v) is 21.4. The number of ether oxygens (including phenoxy) is 1. The summed E-state index contributed by atoms with van der Waals surface area (Å²) in [6.07, 6.45) is 1.44.